The molecule has 2 N–H and O–H groups in total. The number of methoxy groups -OCH3 is 1. The molecule has 0 saturated carbocycles. The minimum absolute atomic E-state index is 0.231. The molecule has 0 aliphatic heterocycles. The van der Waals surface area contributed by atoms with Crippen molar-refractivity contribution in [2.75, 3.05) is 7.11 Å². The zero-order valence-electron chi connectivity index (χ0n) is 13.9. The van der Waals surface area contributed by atoms with Crippen molar-refractivity contribution < 1.29 is 18.7 Å². The molecule has 0 radical (unpaired) electrons. The minimum atomic E-state index is -0.851. The van der Waals surface area contributed by atoms with E-state index in [1.165, 1.54) is 19.2 Å². The Kier molecular flexibility index (Phi) is 4.56. The first-order valence-corrected chi connectivity index (χ1v) is 7.75. The number of nitrogens with one attached hydrogen (secondary N) is 2. The molecular formula is C18H18FN3O3. The molecular weight excluding hydrogens is 325 g/mol. The third-order valence-electron chi connectivity index (χ3n) is 4.12. The molecule has 130 valence electrons. The van der Waals surface area contributed by atoms with Crippen molar-refractivity contribution in [1.82, 2.24) is 14.9 Å². The van der Waals surface area contributed by atoms with Crippen LogP contribution in [0.3, 0.4) is 0 Å². The molecule has 2 heterocycles. The predicted octanol–water partition coefficient (Wildman–Crippen LogP) is 2.16. The van der Waals surface area contributed by atoms with Gasteiger partial charge in [0.2, 0.25) is 0 Å². The Morgan fingerprint density at radius 1 is 1.36 bits per heavy atom. The van der Waals surface area contributed by atoms with Crippen LogP contribution in [-0.4, -0.2) is 34.6 Å². The predicted molar refractivity (Wildman–Crippen MR) is 90.6 cm³/mol. The average molecular weight is 343 g/mol. The zero-order chi connectivity index (χ0) is 18.0. The third-order valence-corrected chi connectivity index (χ3v) is 4.12. The number of amides is 1. The Hall–Kier alpha value is -3.09. The number of hydrogen-bond acceptors (Lipinski definition) is 3. The van der Waals surface area contributed by atoms with Gasteiger partial charge in [-0.1, -0.05) is 0 Å². The molecule has 0 aliphatic carbocycles. The molecule has 0 unspecified atom stereocenters. The number of halogens is 1. The Bertz CT molecular complexity index is 929. The molecule has 1 amide bonds. The van der Waals surface area contributed by atoms with E-state index in [2.05, 4.69) is 10.3 Å². The lowest BCUT2D eigenvalue weighted by Gasteiger charge is -2.16. The lowest BCUT2D eigenvalue weighted by atomic mass is 10.0. The van der Waals surface area contributed by atoms with E-state index in [1.54, 1.807) is 42.2 Å². The Morgan fingerprint density at radius 3 is 2.84 bits per heavy atom. The van der Waals surface area contributed by atoms with Crippen LogP contribution < -0.4 is 5.32 Å². The van der Waals surface area contributed by atoms with Crippen molar-refractivity contribution in [1.29, 1.82) is 0 Å². The number of hydrogen-bond donors (Lipinski definition) is 2. The molecule has 0 aliphatic rings. The highest BCUT2D eigenvalue weighted by atomic mass is 19.1. The number of nitrogens with zero attached hydrogens (tertiary/aromatic N) is 1. The van der Waals surface area contributed by atoms with Gasteiger partial charge < -0.3 is 19.6 Å². The first-order valence-electron chi connectivity index (χ1n) is 7.75. The molecule has 6 nitrogen and oxygen atoms in total. The molecule has 0 bridgehead atoms. The number of rotatable bonds is 5. The van der Waals surface area contributed by atoms with Crippen LogP contribution in [0.4, 0.5) is 4.39 Å². The Balaban J connectivity index is 1.84. The number of aromatic amines is 1. The molecule has 2 aromatic heterocycles. The van der Waals surface area contributed by atoms with E-state index in [4.69, 9.17) is 4.74 Å². The summed E-state index contributed by atoms with van der Waals surface area (Å²) >= 11 is 0. The Morgan fingerprint density at radius 2 is 2.16 bits per heavy atom. The van der Waals surface area contributed by atoms with Crippen LogP contribution in [0.2, 0.25) is 0 Å². The summed E-state index contributed by atoms with van der Waals surface area (Å²) in [4.78, 5) is 27.5. The highest BCUT2D eigenvalue weighted by Crippen LogP contribution is 2.21. The van der Waals surface area contributed by atoms with Gasteiger partial charge in [0.05, 0.1) is 7.11 Å². The van der Waals surface area contributed by atoms with E-state index in [-0.39, 0.29) is 18.1 Å². The lowest BCUT2D eigenvalue weighted by Crippen LogP contribution is -2.43. The second kappa shape index (κ2) is 6.80. The second-order valence-electron chi connectivity index (χ2n) is 5.76. The second-order valence-corrected chi connectivity index (χ2v) is 5.76. The summed E-state index contributed by atoms with van der Waals surface area (Å²) in [5, 5.41) is 3.50. The van der Waals surface area contributed by atoms with Crippen molar-refractivity contribution >= 4 is 22.8 Å². The van der Waals surface area contributed by atoms with Gasteiger partial charge in [-0.3, -0.25) is 4.79 Å². The Labute approximate surface area is 143 Å². The molecule has 3 aromatic rings. The number of esters is 1. The summed E-state index contributed by atoms with van der Waals surface area (Å²) in [5.41, 5.74) is 1.86. The van der Waals surface area contributed by atoms with Crippen LogP contribution in [0.15, 0.2) is 42.7 Å². The van der Waals surface area contributed by atoms with Gasteiger partial charge in [0, 0.05) is 36.8 Å². The topological polar surface area (TPSA) is 76.1 Å². The van der Waals surface area contributed by atoms with E-state index in [0.717, 1.165) is 10.9 Å². The van der Waals surface area contributed by atoms with Crippen molar-refractivity contribution in [3.63, 3.8) is 0 Å². The fourth-order valence-corrected chi connectivity index (χ4v) is 2.81. The van der Waals surface area contributed by atoms with Crippen molar-refractivity contribution in [2.45, 2.75) is 12.5 Å². The van der Waals surface area contributed by atoms with Gasteiger partial charge in [-0.2, -0.15) is 0 Å². The number of H-pyrrole nitrogens is 1. The van der Waals surface area contributed by atoms with Crippen molar-refractivity contribution in [3.8, 4) is 0 Å². The van der Waals surface area contributed by atoms with Crippen LogP contribution in [0, 0.1) is 5.82 Å². The molecule has 0 fully saturated rings. The first kappa shape index (κ1) is 16.8. The van der Waals surface area contributed by atoms with Gasteiger partial charge in [0.1, 0.15) is 17.6 Å². The van der Waals surface area contributed by atoms with Crippen LogP contribution in [0.1, 0.15) is 16.1 Å². The minimum Gasteiger partial charge on any atom is -0.467 e. The highest BCUT2D eigenvalue weighted by molar-refractivity contribution is 5.96. The summed E-state index contributed by atoms with van der Waals surface area (Å²) in [6, 6.07) is 6.94. The smallest absolute Gasteiger partial charge is 0.328 e. The molecule has 3 rings (SSSR count). The number of aryl methyl sites for hydroxylation is 1. The van der Waals surface area contributed by atoms with E-state index >= 15 is 0 Å². The van der Waals surface area contributed by atoms with Crippen LogP contribution in [-0.2, 0) is 23.0 Å². The lowest BCUT2D eigenvalue weighted by molar-refractivity contribution is -0.142. The van der Waals surface area contributed by atoms with Gasteiger partial charge in [-0.15, -0.1) is 0 Å². The van der Waals surface area contributed by atoms with Crippen molar-refractivity contribution in [2.24, 2.45) is 7.05 Å². The SMILES string of the molecule is COC(=O)[C@@H](Cc1c[nH]c2cc(F)ccc12)NC(=O)c1cccn1C. The van der Waals surface area contributed by atoms with E-state index < -0.39 is 12.0 Å². The van der Waals surface area contributed by atoms with Gasteiger partial charge in [-0.25, -0.2) is 9.18 Å². The number of fused-ring (bicyclic) bond motifs is 1. The van der Waals surface area contributed by atoms with Gasteiger partial charge >= 0.3 is 5.97 Å². The molecule has 7 heteroatoms. The summed E-state index contributed by atoms with van der Waals surface area (Å²) in [6.07, 6.45) is 3.68. The van der Waals surface area contributed by atoms with Crippen LogP contribution in [0.25, 0.3) is 10.9 Å². The largest absolute Gasteiger partial charge is 0.467 e. The fraction of sp³-hybridized carbons (Fsp3) is 0.222. The zero-order valence-corrected chi connectivity index (χ0v) is 13.9. The summed E-state index contributed by atoms with van der Waals surface area (Å²) in [6.45, 7) is 0. The normalized spacial score (nSPS) is 12.1. The van der Waals surface area contributed by atoms with Crippen molar-refractivity contribution in [3.05, 3.63) is 59.8 Å². The van der Waals surface area contributed by atoms with E-state index in [9.17, 15) is 14.0 Å². The maximum Gasteiger partial charge on any atom is 0.328 e. The monoisotopic (exact) mass is 343 g/mol. The fourth-order valence-electron chi connectivity index (χ4n) is 2.81. The third kappa shape index (κ3) is 3.40. The number of benzene rings is 1. The average Bonchev–Trinajstić information content (AvgIpc) is 3.19. The number of carbonyl (C=O) groups is 2. The van der Waals surface area contributed by atoms with E-state index in [1.807, 2.05) is 0 Å². The molecule has 1 aromatic carbocycles. The molecule has 1 atom stereocenters. The van der Waals surface area contributed by atoms with Gasteiger partial charge in [-0.05, 0) is 35.9 Å². The van der Waals surface area contributed by atoms with Crippen LogP contribution >= 0.6 is 0 Å². The van der Waals surface area contributed by atoms with Crippen LogP contribution in [0.5, 0.6) is 0 Å². The molecule has 0 saturated heterocycles. The first-order chi connectivity index (χ1) is 12.0. The standard InChI is InChI=1S/C18H18FN3O3/c1-22-7-3-4-16(22)17(23)21-15(18(24)25-2)8-11-10-20-14-9-12(19)5-6-13(11)14/h3-7,9-10,15,20H,8H2,1-2H3,(H,21,23)/t15-/m1/s1. The number of ether oxygens (including phenoxy) is 1. The summed E-state index contributed by atoms with van der Waals surface area (Å²) in [7, 11) is 3.02. The maximum atomic E-state index is 13.3. The summed E-state index contributed by atoms with van der Waals surface area (Å²) in [5.74, 6) is -1.25. The number of carbonyl (C=O) groups excluding carboxylic acids is 2. The molecule has 25 heavy (non-hydrogen) atoms. The number of aromatic nitrogens is 2. The molecule has 0 spiro atoms. The van der Waals surface area contributed by atoms with Gasteiger partial charge in [0.25, 0.3) is 5.91 Å². The van der Waals surface area contributed by atoms with E-state index in [0.29, 0.717) is 11.2 Å². The quantitative estimate of drug-likeness (QED) is 0.697. The summed E-state index contributed by atoms with van der Waals surface area (Å²) < 4.78 is 19.8. The maximum absolute atomic E-state index is 13.3. The highest BCUT2D eigenvalue weighted by Gasteiger charge is 2.24. The van der Waals surface area contributed by atoms with Gasteiger partial charge in [0.15, 0.2) is 0 Å².